The molecule has 0 aromatic rings. The molecule has 3 N–H and O–H groups in total. The van der Waals surface area contributed by atoms with Crippen LogP contribution in [-0.2, 0) is 4.79 Å². The van der Waals surface area contributed by atoms with Gasteiger partial charge >= 0.3 is 0 Å². The van der Waals surface area contributed by atoms with Crippen LogP contribution in [0.15, 0.2) is 0 Å². The third-order valence-corrected chi connectivity index (χ3v) is 2.55. The molecule has 0 bridgehead atoms. The number of carbonyl (C=O) groups excluding carboxylic acids is 1. The second-order valence-electron chi connectivity index (χ2n) is 3.59. The molecule has 3 nitrogen and oxygen atoms in total. The predicted octanol–water partition coefficient (Wildman–Crippen LogP) is 0.640. The summed E-state index contributed by atoms with van der Waals surface area (Å²) in [4.78, 5) is 10.9. The number of carbonyl (C=O) groups is 1. The average molecular weight is 170 g/mol. The number of rotatable bonds is 3. The minimum absolute atomic E-state index is 0.0738. The van der Waals surface area contributed by atoms with Crippen LogP contribution in [0.3, 0.4) is 0 Å². The second-order valence-corrected chi connectivity index (χ2v) is 3.59. The number of nitrogens with one attached hydrogen (secondary N) is 1. The van der Waals surface area contributed by atoms with E-state index in [-0.39, 0.29) is 11.9 Å². The lowest BCUT2D eigenvalue weighted by Gasteiger charge is -2.28. The predicted molar refractivity (Wildman–Crippen MR) is 48.6 cm³/mol. The van der Waals surface area contributed by atoms with Crippen LogP contribution in [0, 0.1) is 5.92 Å². The van der Waals surface area contributed by atoms with Gasteiger partial charge in [-0.05, 0) is 25.3 Å². The molecule has 1 saturated heterocycles. The Morgan fingerprint density at radius 2 is 2.42 bits per heavy atom. The fourth-order valence-electron chi connectivity index (χ4n) is 1.88. The maximum absolute atomic E-state index is 10.9. The Balaban J connectivity index is 2.35. The first kappa shape index (κ1) is 9.52. The van der Waals surface area contributed by atoms with Crippen molar-refractivity contribution in [3.8, 4) is 0 Å². The number of hydrogen-bond acceptors (Lipinski definition) is 2. The van der Waals surface area contributed by atoms with Gasteiger partial charge in [-0.3, -0.25) is 4.79 Å². The quantitative estimate of drug-likeness (QED) is 0.653. The van der Waals surface area contributed by atoms with Crippen molar-refractivity contribution < 1.29 is 4.79 Å². The van der Waals surface area contributed by atoms with E-state index in [1.807, 2.05) is 0 Å². The highest BCUT2D eigenvalue weighted by molar-refractivity contribution is 5.79. The first-order valence-corrected chi connectivity index (χ1v) is 4.76. The summed E-state index contributed by atoms with van der Waals surface area (Å²) in [5, 5.41) is 3.13. The van der Waals surface area contributed by atoms with E-state index < -0.39 is 0 Å². The highest BCUT2D eigenvalue weighted by atomic mass is 16.1. The first-order valence-electron chi connectivity index (χ1n) is 4.76. The molecule has 3 heteroatoms. The molecule has 1 amide bonds. The van der Waals surface area contributed by atoms with Gasteiger partial charge in [0.05, 0.1) is 6.04 Å². The highest BCUT2D eigenvalue weighted by Gasteiger charge is 2.24. The van der Waals surface area contributed by atoms with Gasteiger partial charge in [-0.15, -0.1) is 0 Å². The summed E-state index contributed by atoms with van der Waals surface area (Å²) in [6, 6.07) is -0.0738. The monoisotopic (exact) mass is 170 g/mol. The largest absolute Gasteiger partial charge is 0.368 e. The van der Waals surface area contributed by atoms with Crippen molar-refractivity contribution in [2.24, 2.45) is 11.7 Å². The van der Waals surface area contributed by atoms with E-state index in [2.05, 4.69) is 12.2 Å². The summed E-state index contributed by atoms with van der Waals surface area (Å²) in [6.45, 7) is 3.12. The molecule has 2 atom stereocenters. The molecular weight excluding hydrogens is 152 g/mol. The van der Waals surface area contributed by atoms with Crippen molar-refractivity contribution in [1.29, 1.82) is 0 Å². The number of piperidine rings is 1. The topological polar surface area (TPSA) is 55.1 Å². The lowest BCUT2D eigenvalue weighted by atomic mass is 9.89. The Kier molecular flexibility index (Phi) is 3.53. The molecule has 0 saturated carbocycles. The van der Waals surface area contributed by atoms with Crippen molar-refractivity contribution in [2.45, 2.75) is 38.6 Å². The summed E-state index contributed by atoms with van der Waals surface area (Å²) < 4.78 is 0. The van der Waals surface area contributed by atoms with Crippen LogP contribution in [-0.4, -0.2) is 18.5 Å². The third-order valence-electron chi connectivity index (χ3n) is 2.55. The van der Waals surface area contributed by atoms with Crippen LogP contribution < -0.4 is 11.1 Å². The van der Waals surface area contributed by atoms with E-state index in [1.165, 1.54) is 19.3 Å². The fourth-order valence-corrected chi connectivity index (χ4v) is 1.88. The molecule has 0 radical (unpaired) electrons. The lowest BCUT2D eigenvalue weighted by Crippen LogP contribution is -2.46. The standard InChI is InChI=1S/C9H18N2O/c1-2-3-7-4-5-11-8(6-7)9(10)12/h7-8,11H,2-6H2,1H3,(H2,10,12). The van der Waals surface area contributed by atoms with Crippen molar-refractivity contribution >= 4 is 5.91 Å². The van der Waals surface area contributed by atoms with Crippen LogP contribution in [0.4, 0.5) is 0 Å². The molecule has 70 valence electrons. The molecule has 1 rings (SSSR count). The molecule has 1 aliphatic heterocycles. The zero-order chi connectivity index (χ0) is 8.97. The minimum Gasteiger partial charge on any atom is -0.368 e. The van der Waals surface area contributed by atoms with E-state index in [0.29, 0.717) is 5.92 Å². The van der Waals surface area contributed by atoms with E-state index >= 15 is 0 Å². The molecule has 1 heterocycles. The Bertz CT molecular complexity index is 157. The van der Waals surface area contributed by atoms with Gasteiger partial charge in [0.15, 0.2) is 0 Å². The molecule has 1 aliphatic rings. The number of amides is 1. The maximum atomic E-state index is 10.9. The summed E-state index contributed by atoms with van der Waals surface area (Å²) in [5.41, 5.74) is 5.22. The lowest BCUT2D eigenvalue weighted by molar-refractivity contribution is -0.120. The zero-order valence-electron chi connectivity index (χ0n) is 7.68. The Morgan fingerprint density at radius 1 is 1.67 bits per heavy atom. The minimum atomic E-state index is -0.198. The van der Waals surface area contributed by atoms with Gasteiger partial charge in [0.25, 0.3) is 0 Å². The van der Waals surface area contributed by atoms with E-state index in [9.17, 15) is 4.79 Å². The highest BCUT2D eigenvalue weighted by Crippen LogP contribution is 2.20. The average Bonchev–Trinajstić information content (AvgIpc) is 2.05. The Morgan fingerprint density at radius 3 is 3.00 bits per heavy atom. The van der Waals surface area contributed by atoms with E-state index in [4.69, 9.17) is 5.73 Å². The second kappa shape index (κ2) is 4.45. The van der Waals surface area contributed by atoms with Gasteiger partial charge in [-0.2, -0.15) is 0 Å². The van der Waals surface area contributed by atoms with Crippen molar-refractivity contribution in [3.05, 3.63) is 0 Å². The Labute approximate surface area is 73.7 Å². The maximum Gasteiger partial charge on any atom is 0.234 e. The molecule has 0 spiro atoms. The van der Waals surface area contributed by atoms with Crippen molar-refractivity contribution in [1.82, 2.24) is 5.32 Å². The first-order chi connectivity index (χ1) is 5.74. The molecule has 12 heavy (non-hydrogen) atoms. The van der Waals surface area contributed by atoms with Gasteiger partial charge in [0.1, 0.15) is 0 Å². The van der Waals surface area contributed by atoms with E-state index in [0.717, 1.165) is 13.0 Å². The third kappa shape index (κ3) is 2.48. The number of hydrogen-bond donors (Lipinski definition) is 2. The van der Waals surface area contributed by atoms with Gasteiger partial charge < -0.3 is 11.1 Å². The van der Waals surface area contributed by atoms with Crippen LogP contribution >= 0.6 is 0 Å². The smallest absolute Gasteiger partial charge is 0.234 e. The zero-order valence-corrected chi connectivity index (χ0v) is 7.68. The van der Waals surface area contributed by atoms with E-state index in [1.54, 1.807) is 0 Å². The summed E-state index contributed by atoms with van der Waals surface area (Å²) in [5.74, 6) is 0.504. The number of nitrogens with two attached hydrogens (primary N) is 1. The normalized spacial score (nSPS) is 30.1. The summed E-state index contributed by atoms with van der Waals surface area (Å²) in [6.07, 6.45) is 4.56. The molecule has 0 aromatic carbocycles. The van der Waals surface area contributed by atoms with Crippen molar-refractivity contribution in [2.75, 3.05) is 6.54 Å². The molecule has 0 aromatic heterocycles. The van der Waals surface area contributed by atoms with Crippen LogP contribution in [0.2, 0.25) is 0 Å². The van der Waals surface area contributed by atoms with Gasteiger partial charge in [-0.25, -0.2) is 0 Å². The summed E-state index contributed by atoms with van der Waals surface area (Å²) in [7, 11) is 0. The van der Waals surface area contributed by atoms with Crippen LogP contribution in [0.5, 0.6) is 0 Å². The van der Waals surface area contributed by atoms with Crippen LogP contribution in [0.1, 0.15) is 32.6 Å². The SMILES string of the molecule is CCCC1CCNC(C(N)=O)C1. The molecular formula is C9H18N2O. The van der Waals surface area contributed by atoms with Crippen LogP contribution in [0.25, 0.3) is 0 Å². The molecule has 2 unspecified atom stereocenters. The van der Waals surface area contributed by atoms with Crippen molar-refractivity contribution in [3.63, 3.8) is 0 Å². The molecule has 1 fully saturated rings. The fraction of sp³-hybridized carbons (Fsp3) is 0.889. The van der Waals surface area contributed by atoms with Gasteiger partial charge in [0, 0.05) is 0 Å². The number of primary amides is 1. The van der Waals surface area contributed by atoms with Gasteiger partial charge in [0.2, 0.25) is 5.91 Å². The summed E-state index contributed by atoms with van der Waals surface area (Å²) >= 11 is 0. The molecule has 0 aliphatic carbocycles. The van der Waals surface area contributed by atoms with Gasteiger partial charge in [-0.1, -0.05) is 19.8 Å². The Hall–Kier alpha value is -0.570.